The Morgan fingerprint density at radius 1 is 0.767 bits per heavy atom. The number of nitrogens with one attached hydrogen (secondary N) is 4. The smallest absolute Gasteiger partial charge is 0.241 e. The first kappa shape index (κ1) is 30.8. The monoisotopic (exact) mass is 581 g/mol. The molecule has 43 heavy (non-hydrogen) atoms. The normalized spacial score (nSPS) is 21.7. The minimum absolute atomic E-state index is 0.0456. The molecule has 3 aliphatic heterocycles. The van der Waals surface area contributed by atoms with Crippen LogP contribution >= 0.6 is 0 Å². The van der Waals surface area contributed by atoms with E-state index in [1.54, 1.807) is 0 Å². The predicted molar refractivity (Wildman–Crippen MR) is 177 cm³/mol. The van der Waals surface area contributed by atoms with E-state index >= 15 is 0 Å². The third-order valence-electron chi connectivity index (χ3n) is 8.83. The molecule has 228 valence electrons. The van der Waals surface area contributed by atoms with Gasteiger partial charge >= 0.3 is 0 Å². The van der Waals surface area contributed by atoms with Crippen LogP contribution in [-0.2, 0) is 15.0 Å². The standard InChI is InChI=1S/C32H38N4O2.C4H9N/c1-32(2,3)24-10-16-27(17-11-24)36-29(22-6-12-25(13-7-22)34-21-37)18-19-30(36)23-8-14-26(15-9-23)35-31(38)28-5-4-20-33-28;1-2-4-5-3-1/h6-17,21,28-30,33H,4-5,18-20H2,1-3H3,(H,34,37)(H,35,38);5H,1-4H2/t28-,29?,30?;/m0./s1. The highest BCUT2D eigenvalue weighted by Crippen LogP contribution is 2.47. The highest BCUT2D eigenvalue weighted by Gasteiger charge is 2.35. The van der Waals surface area contributed by atoms with E-state index in [9.17, 15) is 9.59 Å². The molecule has 2 amide bonds. The number of nitrogens with zero attached hydrogens (tertiary/aromatic N) is 1. The number of amides is 2. The summed E-state index contributed by atoms with van der Waals surface area (Å²) in [7, 11) is 0. The van der Waals surface area contributed by atoms with Crippen molar-refractivity contribution in [3.05, 3.63) is 89.5 Å². The first-order chi connectivity index (χ1) is 20.8. The van der Waals surface area contributed by atoms with Crippen molar-refractivity contribution in [2.45, 2.75) is 82.8 Å². The fourth-order valence-electron chi connectivity index (χ4n) is 6.38. The zero-order valence-electron chi connectivity index (χ0n) is 25.9. The number of hydrogen-bond donors (Lipinski definition) is 4. The molecule has 6 rings (SSSR count). The first-order valence-corrected chi connectivity index (χ1v) is 15.9. The van der Waals surface area contributed by atoms with E-state index in [1.807, 2.05) is 24.3 Å². The van der Waals surface area contributed by atoms with Gasteiger partial charge in [-0.25, -0.2) is 0 Å². The van der Waals surface area contributed by atoms with Crippen molar-refractivity contribution >= 4 is 29.4 Å². The molecular formula is C36H47N5O2. The summed E-state index contributed by atoms with van der Waals surface area (Å²) in [6.45, 7) is 10.1. The van der Waals surface area contributed by atoms with Gasteiger partial charge in [0.25, 0.3) is 0 Å². The van der Waals surface area contributed by atoms with Crippen molar-refractivity contribution < 1.29 is 9.59 Å². The Balaban J connectivity index is 0.000000668. The number of hydrogen-bond acceptors (Lipinski definition) is 5. The lowest BCUT2D eigenvalue weighted by Gasteiger charge is -2.34. The van der Waals surface area contributed by atoms with Crippen molar-refractivity contribution in [1.82, 2.24) is 10.6 Å². The number of rotatable bonds is 7. The van der Waals surface area contributed by atoms with Crippen LogP contribution in [0, 0.1) is 0 Å². The molecule has 0 aromatic heterocycles. The molecule has 3 saturated heterocycles. The molecular weight excluding hydrogens is 534 g/mol. The van der Waals surface area contributed by atoms with Gasteiger partial charge in [-0.3, -0.25) is 9.59 Å². The molecule has 7 nitrogen and oxygen atoms in total. The van der Waals surface area contributed by atoms with Crippen LogP contribution in [0.25, 0.3) is 0 Å². The summed E-state index contributed by atoms with van der Waals surface area (Å²) >= 11 is 0. The van der Waals surface area contributed by atoms with Crippen molar-refractivity contribution in [3.8, 4) is 0 Å². The van der Waals surface area contributed by atoms with Crippen LogP contribution in [0.4, 0.5) is 17.1 Å². The number of carbonyl (C=O) groups is 2. The average molecular weight is 582 g/mol. The van der Waals surface area contributed by atoms with E-state index in [1.165, 1.54) is 48.3 Å². The maximum absolute atomic E-state index is 12.6. The summed E-state index contributed by atoms with van der Waals surface area (Å²) in [6.07, 6.45) is 7.47. The molecule has 7 heteroatoms. The van der Waals surface area contributed by atoms with Gasteiger partial charge in [-0.15, -0.1) is 0 Å². The Kier molecular flexibility index (Phi) is 10.2. The van der Waals surface area contributed by atoms with E-state index in [0.717, 1.165) is 43.6 Å². The molecule has 0 aliphatic carbocycles. The molecule has 0 radical (unpaired) electrons. The van der Waals surface area contributed by atoms with Crippen molar-refractivity contribution in [2.75, 3.05) is 35.2 Å². The summed E-state index contributed by atoms with van der Waals surface area (Å²) in [5.41, 5.74) is 6.71. The van der Waals surface area contributed by atoms with E-state index in [2.05, 4.69) is 95.5 Å². The Bertz CT molecular complexity index is 1310. The second kappa shape index (κ2) is 14.2. The molecule has 3 aromatic rings. The van der Waals surface area contributed by atoms with Gasteiger partial charge in [0.05, 0.1) is 18.1 Å². The Morgan fingerprint density at radius 2 is 1.35 bits per heavy atom. The molecule has 3 fully saturated rings. The predicted octanol–water partition coefficient (Wildman–Crippen LogP) is 6.70. The van der Waals surface area contributed by atoms with E-state index in [4.69, 9.17) is 0 Å². The second-order valence-corrected chi connectivity index (χ2v) is 12.9. The molecule has 2 unspecified atom stereocenters. The largest absolute Gasteiger partial charge is 0.357 e. The van der Waals surface area contributed by atoms with Crippen LogP contribution in [0.5, 0.6) is 0 Å². The minimum atomic E-state index is -0.0926. The van der Waals surface area contributed by atoms with Crippen LogP contribution < -0.4 is 26.2 Å². The topological polar surface area (TPSA) is 85.5 Å². The SMILES string of the molecule is C1CCNC1.CC(C)(C)c1ccc(N2C(c3ccc(NC=O)cc3)CCC2c2ccc(NC(=O)[C@@H]3CCCN3)cc2)cc1. The molecule has 3 aromatic carbocycles. The van der Waals surface area contributed by atoms with Gasteiger partial charge in [-0.1, -0.05) is 57.2 Å². The van der Waals surface area contributed by atoms with E-state index in [0.29, 0.717) is 6.41 Å². The maximum atomic E-state index is 12.6. The zero-order valence-corrected chi connectivity index (χ0v) is 25.9. The number of benzene rings is 3. The molecule has 0 bridgehead atoms. The van der Waals surface area contributed by atoms with Crippen LogP contribution in [0.3, 0.4) is 0 Å². The van der Waals surface area contributed by atoms with Gasteiger partial charge in [0.15, 0.2) is 0 Å². The number of anilines is 3. The molecule has 3 aliphatic rings. The quantitative estimate of drug-likeness (QED) is 0.234. The third kappa shape index (κ3) is 7.84. The Morgan fingerprint density at radius 3 is 1.81 bits per heavy atom. The fraction of sp³-hybridized carbons (Fsp3) is 0.444. The average Bonchev–Trinajstić information content (AvgIpc) is 3.82. The summed E-state index contributed by atoms with van der Waals surface area (Å²) < 4.78 is 0. The van der Waals surface area contributed by atoms with Gasteiger partial charge in [0.2, 0.25) is 12.3 Å². The Hall–Kier alpha value is -3.68. The summed E-state index contributed by atoms with van der Waals surface area (Å²) in [6, 6.07) is 25.8. The summed E-state index contributed by atoms with van der Waals surface area (Å²) in [5, 5.41) is 12.3. The molecule has 3 atom stereocenters. The minimum Gasteiger partial charge on any atom is -0.357 e. The lowest BCUT2D eigenvalue weighted by molar-refractivity contribution is -0.117. The van der Waals surface area contributed by atoms with Gasteiger partial charge in [-0.2, -0.15) is 0 Å². The van der Waals surface area contributed by atoms with E-state index < -0.39 is 0 Å². The van der Waals surface area contributed by atoms with Gasteiger partial charge < -0.3 is 26.2 Å². The van der Waals surface area contributed by atoms with Gasteiger partial charge in [0.1, 0.15) is 0 Å². The van der Waals surface area contributed by atoms with E-state index in [-0.39, 0.29) is 29.4 Å². The molecule has 0 saturated carbocycles. The van der Waals surface area contributed by atoms with Gasteiger partial charge in [0, 0.05) is 17.1 Å². The highest BCUT2D eigenvalue weighted by molar-refractivity contribution is 5.95. The van der Waals surface area contributed by atoms with Crippen LogP contribution in [0.15, 0.2) is 72.8 Å². The molecule has 3 heterocycles. The molecule has 0 spiro atoms. The first-order valence-electron chi connectivity index (χ1n) is 15.9. The Labute approximate surface area is 256 Å². The van der Waals surface area contributed by atoms with Crippen molar-refractivity contribution in [1.29, 1.82) is 0 Å². The zero-order chi connectivity index (χ0) is 30.2. The van der Waals surface area contributed by atoms with Crippen molar-refractivity contribution in [3.63, 3.8) is 0 Å². The third-order valence-corrected chi connectivity index (χ3v) is 8.83. The van der Waals surface area contributed by atoms with Crippen LogP contribution in [0.2, 0.25) is 0 Å². The van der Waals surface area contributed by atoms with Crippen LogP contribution in [-0.4, -0.2) is 38.0 Å². The molecule has 4 N–H and O–H groups in total. The summed E-state index contributed by atoms with van der Waals surface area (Å²) in [4.78, 5) is 25.9. The van der Waals surface area contributed by atoms with Crippen LogP contribution in [0.1, 0.15) is 88.1 Å². The van der Waals surface area contributed by atoms with Crippen molar-refractivity contribution in [2.24, 2.45) is 0 Å². The highest BCUT2D eigenvalue weighted by atomic mass is 16.2. The summed E-state index contributed by atoms with van der Waals surface area (Å²) in [5.74, 6) is 0.0456. The van der Waals surface area contributed by atoms with Gasteiger partial charge in [-0.05, 0) is 117 Å². The maximum Gasteiger partial charge on any atom is 0.241 e. The second-order valence-electron chi connectivity index (χ2n) is 12.9. The lowest BCUT2D eigenvalue weighted by atomic mass is 9.87. The number of carbonyl (C=O) groups excluding carboxylic acids is 2. The lowest BCUT2D eigenvalue weighted by Crippen LogP contribution is -2.35. The fourth-order valence-corrected chi connectivity index (χ4v) is 6.38.